The van der Waals surface area contributed by atoms with Crippen molar-refractivity contribution in [3.8, 4) is 5.88 Å². The molecular weight excluding hydrogens is 346 g/mol. The lowest BCUT2D eigenvalue weighted by atomic mass is 10.0. The second-order valence-electron chi connectivity index (χ2n) is 6.78. The third-order valence-corrected chi connectivity index (χ3v) is 4.73. The molecule has 0 unspecified atom stereocenters. The van der Waals surface area contributed by atoms with Crippen molar-refractivity contribution in [3.63, 3.8) is 0 Å². The van der Waals surface area contributed by atoms with Crippen LogP contribution in [0.1, 0.15) is 17.7 Å². The van der Waals surface area contributed by atoms with Gasteiger partial charge in [-0.1, -0.05) is 6.07 Å². The highest BCUT2D eigenvalue weighted by atomic mass is 16.5. The molecule has 0 spiro atoms. The summed E-state index contributed by atoms with van der Waals surface area (Å²) in [6, 6.07) is 6.05. The van der Waals surface area contributed by atoms with E-state index in [0.717, 1.165) is 38.2 Å². The molecule has 1 amide bonds. The van der Waals surface area contributed by atoms with Crippen molar-refractivity contribution in [1.29, 1.82) is 0 Å². The van der Waals surface area contributed by atoms with Crippen LogP contribution in [0.4, 0.5) is 0 Å². The molecule has 3 heterocycles. The standard InChI is InChI=1S/C19H27N5O3/c1-26-14-18(25)20-8-5-15-10-23(13-17-6-9-22-24(17)11-15)12-16-4-3-7-21-19(16)27-2/h3-4,6-7,9,15H,5,8,10-14H2,1-2H3,(H,20,25)/t15-/m0/s1. The van der Waals surface area contributed by atoms with E-state index in [1.807, 2.05) is 18.3 Å². The number of aromatic nitrogens is 3. The molecule has 1 aliphatic rings. The third kappa shape index (κ3) is 5.27. The molecule has 0 radical (unpaired) electrons. The zero-order valence-electron chi connectivity index (χ0n) is 15.9. The van der Waals surface area contributed by atoms with Gasteiger partial charge in [-0.2, -0.15) is 5.10 Å². The van der Waals surface area contributed by atoms with Crippen LogP contribution in [0.5, 0.6) is 5.88 Å². The lowest BCUT2D eigenvalue weighted by Crippen LogP contribution is -2.32. The maximum Gasteiger partial charge on any atom is 0.245 e. The normalized spacial score (nSPS) is 17.2. The van der Waals surface area contributed by atoms with Crippen molar-refractivity contribution in [1.82, 2.24) is 25.0 Å². The molecule has 1 N–H and O–H groups in total. The number of ether oxygens (including phenoxy) is 2. The molecule has 1 atom stereocenters. The van der Waals surface area contributed by atoms with Gasteiger partial charge in [0.25, 0.3) is 0 Å². The second-order valence-corrected chi connectivity index (χ2v) is 6.78. The van der Waals surface area contributed by atoms with Gasteiger partial charge in [-0.3, -0.25) is 14.4 Å². The van der Waals surface area contributed by atoms with Gasteiger partial charge in [-0.15, -0.1) is 0 Å². The number of fused-ring (bicyclic) bond motifs is 1. The minimum Gasteiger partial charge on any atom is -0.481 e. The molecule has 1 aliphatic heterocycles. The highest BCUT2D eigenvalue weighted by molar-refractivity contribution is 5.77. The summed E-state index contributed by atoms with van der Waals surface area (Å²) in [6.07, 6.45) is 4.47. The van der Waals surface area contributed by atoms with Crippen molar-refractivity contribution < 1.29 is 14.3 Å². The zero-order chi connectivity index (χ0) is 19.1. The maximum atomic E-state index is 11.6. The Balaban J connectivity index is 1.66. The number of carbonyl (C=O) groups excluding carboxylic acids is 1. The summed E-state index contributed by atoms with van der Waals surface area (Å²) in [6.45, 7) is 4.08. The quantitative estimate of drug-likeness (QED) is 0.746. The second kappa shape index (κ2) is 9.48. The Morgan fingerprint density at radius 2 is 2.19 bits per heavy atom. The van der Waals surface area contributed by atoms with Crippen molar-refractivity contribution in [2.45, 2.75) is 26.1 Å². The van der Waals surface area contributed by atoms with Gasteiger partial charge in [-0.25, -0.2) is 4.98 Å². The number of nitrogens with one attached hydrogen (secondary N) is 1. The van der Waals surface area contributed by atoms with Gasteiger partial charge in [0.05, 0.1) is 12.8 Å². The van der Waals surface area contributed by atoms with E-state index in [4.69, 9.17) is 9.47 Å². The molecule has 2 aromatic heterocycles. The first kappa shape index (κ1) is 19.3. The molecule has 146 valence electrons. The average molecular weight is 373 g/mol. The van der Waals surface area contributed by atoms with Crippen LogP contribution in [0, 0.1) is 5.92 Å². The van der Waals surface area contributed by atoms with Crippen LogP contribution in [0.2, 0.25) is 0 Å². The van der Waals surface area contributed by atoms with E-state index < -0.39 is 0 Å². The summed E-state index contributed by atoms with van der Waals surface area (Å²) >= 11 is 0. The highest BCUT2D eigenvalue weighted by Crippen LogP contribution is 2.22. The molecular formula is C19H27N5O3. The van der Waals surface area contributed by atoms with E-state index in [1.54, 1.807) is 13.3 Å². The molecule has 8 heteroatoms. The van der Waals surface area contributed by atoms with Crippen LogP contribution in [0.25, 0.3) is 0 Å². The lowest BCUT2D eigenvalue weighted by molar-refractivity contribution is -0.124. The Morgan fingerprint density at radius 3 is 3.00 bits per heavy atom. The summed E-state index contributed by atoms with van der Waals surface area (Å²) in [5, 5.41) is 7.37. The number of amides is 1. The SMILES string of the molecule is COCC(=O)NCC[C@H]1CN(Cc2cccnc2OC)Cc2ccnn2C1. The first-order valence-corrected chi connectivity index (χ1v) is 9.16. The first-order valence-electron chi connectivity index (χ1n) is 9.16. The molecule has 2 aromatic rings. The van der Waals surface area contributed by atoms with Gasteiger partial charge in [-0.05, 0) is 24.5 Å². The summed E-state index contributed by atoms with van der Waals surface area (Å²) in [4.78, 5) is 18.3. The van der Waals surface area contributed by atoms with Crippen LogP contribution < -0.4 is 10.1 Å². The van der Waals surface area contributed by atoms with Crippen molar-refractivity contribution in [2.24, 2.45) is 5.92 Å². The molecule has 0 aromatic carbocycles. The lowest BCUT2D eigenvalue weighted by Gasteiger charge is -2.24. The van der Waals surface area contributed by atoms with Crippen LogP contribution in [0.15, 0.2) is 30.6 Å². The van der Waals surface area contributed by atoms with Crippen LogP contribution in [-0.4, -0.2) is 59.5 Å². The van der Waals surface area contributed by atoms with Gasteiger partial charge in [0.15, 0.2) is 0 Å². The monoisotopic (exact) mass is 373 g/mol. The van der Waals surface area contributed by atoms with Gasteiger partial charge in [0, 0.05) is 57.8 Å². The van der Waals surface area contributed by atoms with Crippen LogP contribution in [0.3, 0.4) is 0 Å². The van der Waals surface area contributed by atoms with Crippen LogP contribution in [-0.2, 0) is 29.2 Å². The summed E-state index contributed by atoms with van der Waals surface area (Å²) in [7, 11) is 3.17. The van der Waals surface area contributed by atoms with E-state index in [1.165, 1.54) is 12.8 Å². The molecule has 0 saturated heterocycles. The molecule has 3 rings (SSSR count). The predicted molar refractivity (Wildman–Crippen MR) is 100 cm³/mol. The number of hydrogen-bond acceptors (Lipinski definition) is 6. The molecule has 0 aliphatic carbocycles. The number of methoxy groups -OCH3 is 2. The zero-order valence-corrected chi connectivity index (χ0v) is 15.9. The Bertz CT molecular complexity index is 748. The Morgan fingerprint density at radius 1 is 1.30 bits per heavy atom. The molecule has 8 nitrogen and oxygen atoms in total. The van der Waals surface area contributed by atoms with Crippen LogP contribution >= 0.6 is 0 Å². The van der Waals surface area contributed by atoms with E-state index in [-0.39, 0.29) is 12.5 Å². The minimum absolute atomic E-state index is 0.0807. The fourth-order valence-corrected chi connectivity index (χ4v) is 3.49. The Labute approximate surface area is 159 Å². The number of hydrogen-bond donors (Lipinski definition) is 1. The molecule has 0 saturated carbocycles. The summed E-state index contributed by atoms with van der Waals surface area (Å²) in [5.41, 5.74) is 2.27. The summed E-state index contributed by atoms with van der Waals surface area (Å²) in [5.74, 6) is 0.971. The maximum absolute atomic E-state index is 11.6. The van der Waals surface area contributed by atoms with E-state index in [2.05, 4.69) is 31.0 Å². The topological polar surface area (TPSA) is 81.5 Å². The van der Waals surface area contributed by atoms with Crippen molar-refractivity contribution in [3.05, 3.63) is 41.9 Å². The van der Waals surface area contributed by atoms with Gasteiger partial charge < -0.3 is 14.8 Å². The smallest absolute Gasteiger partial charge is 0.245 e. The molecule has 27 heavy (non-hydrogen) atoms. The number of rotatable bonds is 8. The molecule has 0 bridgehead atoms. The minimum atomic E-state index is -0.0807. The van der Waals surface area contributed by atoms with Gasteiger partial charge in [0.1, 0.15) is 6.61 Å². The third-order valence-electron chi connectivity index (χ3n) is 4.73. The van der Waals surface area contributed by atoms with E-state index in [0.29, 0.717) is 18.3 Å². The van der Waals surface area contributed by atoms with E-state index >= 15 is 0 Å². The molecule has 0 fully saturated rings. The van der Waals surface area contributed by atoms with Gasteiger partial charge >= 0.3 is 0 Å². The van der Waals surface area contributed by atoms with E-state index in [9.17, 15) is 4.79 Å². The predicted octanol–water partition coefficient (Wildman–Crippen LogP) is 1.07. The largest absolute Gasteiger partial charge is 0.481 e. The fourth-order valence-electron chi connectivity index (χ4n) is 3.49. The van der Waals surface area contributed by atoms with Crippen molar-refractivity contribution in [2.75, 3.05) is 33.9 Å². The number of carbonyl (C=O) groups is 1. The Hall–Kier alpha value is -2.45. The first-order chi connectivity index (χ1) is 13.2. The Kier molecular flexibility index (Phi) is 6.78. The summed E-state index contributed by atoms with van der Waals surface area (Å²) < 4.78 is 12.3. The highest BCUT2D eigenvalue weighted by Gasteiger charge is 2.23. The number of nitrogens with zero attached hydrogens (tertiary/aromatic N) is 4. The fraction of sp³-hybridized carbons (Fsp3) is 0.526. The average Bonchev–Trinajstić information content (AvgIpc) is 3.02. The van der Waals surface area contributed by atoms with Gasteiger partial charge in [0.2, 0.25) is 11.8 Å². The number of pyridine rings is 1. The van der Waals surface area contributed by atoms with Crippen molar-refractivity contribution >= 4 is 5.91 Å².